The summed E-state index contributed by atoms with van der Waals surface area (Å²) in [6.45, 7) is 0. The van der Waals surface area contributed by atoms with Gasteiger partial charge in [0.15, 0.2) is 0 Å². The molecule has 3 aromatic carbocycles. The summed E-state index contributed by atoms with van der Waals surface area (Å²) < 4.78 is 33.5. The second-order valence-corrected chi connectivity index (χ2v) is 7.58. The topological polar surface area (TPSA) is 124 Å². The highest BCUT2D eigenvalue weighted by Gasteiger charge is 2.27. The van der Waals surface area contributed by atoms with Gasteiger partial charge in [-0.15, -0.1) is 0 Å². The molecule has 7 nitrogen and oxygen atoms in total. The van der Waals surface area contributed by atoms with E-state index in [0.717, 1.165) is 0 Å². The minimum atomic E-state index is -4.49. The fourth-order valence-electron chi connectivity index (χ4n) is 2.77. The van der Waals surface area contributed by atoms with Crippen LogP contribution < -0.4 is 5.32 Å². The molecule has 0 saturated carbocycles. The molecule has 0 saturated heterocycles. The molecule has 0 aromatic heterocycles. The van der Waals surface area contributed by atoms with Crippen molar-refractivity contribution < 1.29 is 28.0 Å². The second kappa shape index (κ2) is 7.71. The van der Waals surface area contributed by atoms with Crippen LogP contribution in [0.5, 0.6) is 11.5 Å². The minimum Gasteiger partial charge on any atom is -0.508 e. The van der Waals surface area contributed by atoms with Crippen LogP contribution in [0.4, 0.5) is 5.69 Å². The number of para-hydroxylation sites is 2. The normalized spacial score (nSPS) is 12.3. The second-order valence-electron chi connectivity index (χ2n) is 6.08. The third-order valence-corrected chi connectivity index (χ3v) is 5.26. The number of phenols is 2. The first kappa shape index (κ1) is 19.4. The summed E-state index contributed by atoms with van der Waals surface area (Å²) in [5.74, 6) is -0.596. The average Bonchev–Trinajstić information content (AvgIpc) is 2.65. The molecular formula is C20H17NO6S. The Morgan fingerprint density at radius 3 is 1.89 bits per heavy atom. The van der Waals surface area contributed by atoms with Gasteiger partial charge in [-0.2, -0.15) is 8.42 Å². The molecule has 0 heterocycles. The van der Waals surface area contributed by atoms with Gasteiger partial charge in [0.1, 0.15) is 16.7 Å². The molecule has 1 amide bonds. The Morgan fingerprint density at radius 1 is 0.821 bits per heavy atom. The van der Waals surface area contributed by atoms with Gasteiger partial charge in [0.25, 0.3) is 16.0 Å². The zero-order chi connectivity index (χ0) is 20.3. The molecule has 28 heavy (non-hydrogen) atoms. The number of rotatable bonds is 5. The number of benzene rings is 3. The maximum absolute atomic E-state index is 12.3. The van der Waals surface area contributed by atoms with Crippen LogP contribution in [-0.4, -0.2) is 29.1 Å². The van der Waals surface area contributed by atoms with Gasteiger partial charge in [-0.3, -0.25) is 9.35 Å². The number of carbonyl (C=O) groups is 1. The van der Waals surface area contributed by atoms with Crippen LogP contribution in [-0.2, 0) is 10.1 Å². The van der Waals surface area contributed by atoms with E-state index < -0.39 is 21.3 Å². The van der Waals surface area contributed by atoms with Crippen LogP contribution in [0.1, 0.15) is 26.7 Å². The number of hydrogen-bond donors (Lipinski definition) is 4. The molecule has 0 bridgehead atoms. The van der Waals surface area contributed by atoms with Crippen molar-refractivity contribution in [2.75, 3.05) is 5.32 Å². The summed E-state index contributed by atoms with van der Waals surface area (Å²) in [6.07, 6.45) is 0. The predicted octanol–water partition coefficient (Wildman–Crippen LogP) is 3.33. The Kier molecular flexibility index (Phi) is 5.34. The van der Waals surface area contributed by atoms with Crippen molar-refractivity contribution in [3.8, 4) is 11.5 Å². The van der Waals surface area contributed by atoms with Crippen LogP contribution in [0.15, 0.2) is 72.8 Å². The van der Waals surface area contributed by atoms with Gasteiger partial charge in [-0.25, -0.2) is 0 Å². The Hall–Kier alpha value is -3.36. The van der Waals surface area contributed by atoms with Gasteiger partial charge in [0.2, 0.25) is 0 Å². The van der Waals surface area contributed by atoms with Crippen molar-refractivity contribution >= 4 is 21.7 Å². The van der Waals surface area contributed by atoms with Crippen LogP contribution in [0, 0.1) is 0 Å². The Bertz CT molecular complexity index is 1090. The summed E-state index contributed by atoms with van der Waals surface area (Å²) in [5.41, 5.74) is 1.02. The molecule has 0 aliphatic rings. The Balaban J connectivity index is 1.88. The first-order chi connectivity index (χ1) is 13.3. The first-order valence-corrected chi connectivity index (χ1v) is 9.70. The fraction of sp³-hybridized carbons (Fsp3) is 0.0500. The van der Waals surface area contributed by atoms with Crippen molar-refractivity contribution in [2.45, 2.75) is 5.25 Å². The summed E-state index contributed by atoms with van der Waals surface area (Å²) >= 11 is 0. The van der Waals surface area contributed by atoms with Gasteiger partial charge in [0, 0.05) is 5.56 Å². The molecule has 0 aliphatic heterocycles. The lowest BCUT2D eigenvalue weighted by atomic mass is 10.0. The lowest BCUT2D eigenvalue weighted by Gasteiger charge is -2.15. The Morgan fingerprint density at radius 2 is 1.36 bits per heavy atom. The zero-order valence-corrected chi connectivity index (χ0v) is 15.3. The van der Waals surface area contributed by atoms with Gasteiger partial charge >= 0.3 is 0 Å². The molecule has 0 spiro atoms. The summed E-state index contributed by atoms with van der Waals surface area (Å²) in [4.78, 5) is 12.3. The van der Waals surface area contributed by atoms with E-state index in [1.54, 1.807) is 18.2 Å². The number of phenolic OH excluding ortho intramolecular Hbond substituents is 2. The predicted molar refractivity (Wildman–Crippen MR) is 104 cm³/mol. The standard InChI is InChI=1S/C20H17NO6S/c22-16-11-9-14(10-12-16)19(28(25,26)27)13-5-7-15(8-6-13)20(24)21-17-3-1-2-4-18(17)23/h1-12,19,22-23H,(H,21,24)(H,25,26,27). The van der Waals surface area contributed by atoms with E-state index in [4.69, 9.17) is 0 Å². The maximum Gasteiger partial charge on any atom is 0.276 e. The summed E-state index contributed by atoms with van der Waals surface area (Å²) in [6, 6.07) is 17.4. The molecule has 1 atom stereocenters. The molecule has 4 N–H and O–H groups in total. The lowest BCUT2D eigenvalue weighted by Crippen LogP contribution is -2.15. The van der Waals surface area contributed by atoms with Crippen molar-refractivity contribution in [1.29, 1.82) is 0 Å². The van der Waals surface area contributed by atoms with Gasteiger partial charge < -0.3 is 15.5 Å². The molecule has 144 valence electrons. The van der Waals surface area contributed by atoms with E-state index in [0.29, 0.717) is 0 Å². The Labute approximate surface area is 161 Å². The minimum absolute atomic E-state index is 0.0333. The molecule has 1 unspecified atom stereocenters. The van der Waals surface area contributed by atoms with E-state index in [2.05, 4.69) is 5.32 Å². The van der Waals surface area contributed by atoms with Crippen molar-refractivity contribution in [2.24, 2.45) is 0 Å². The number of aromatic hydroxyl groups is 2. The maximum atomic E-state index is 12.3. The molecule has 0 fully saturated rings. The first-order valence-electron chi connectivity index (χ1n) is 8.20. The molecule has 0 aliphatic carbocycles. The van der Waals surface area contributed by atoms with Crippen molar-refractivity contribution in [3.63, 3.8) is 0 Å². The van der Waals surface area contributed by atoms with Gasteiger partial charge in [0.05, 0.1) is 5.69 Å². The van der Waals surface area contributed by atoms with Gasteiger partial charge in [-0.1, -0.05) is 36.4 Å². The van der Waals surface area contributed by atoms with E-state index in [1.807, 2.05) is 0 Å². The number of carbonyl (C=O) groups excluding carboxylic acids is 1. The van der Waals surface area contributed by atoms with Crippen LogP contribution in [0.2, 0.25) is 0 Å². The SMILES string of the molecule is O=C(Nc1ccccc1O)c1ccc(C(c2ccc(O)cc2)S(=O)(=O)O)cc1. The molecular weight excluding hydrogens is 382 g/mol. The number of anilines is 1. The van der Waals surface area contributed by atoms with Crippen LogP contribution in [0.25, 0.3) is 0 Å². The highest BCUT2D eigenvalue weighted by molar-refractivity contribution is 7.86. The molecule has 3 rings (SSSR count). The number of hydrogen-bond acceptors (Lipinski definition) is 5. The summed E-state index contributed by atoms with van der Waals surface area (Å²) in [5, 5.41) is 20.3. The highest BCUT2D eigenvalue weighted by atomic mass is 32.2. The number of amides is 1. The third-order valence-electron chi connectivity index (χ3n) is 4.12. The molecule has 0 radical (unpaired) electrons. The van der Waals surface area contributed by atoms with Crippen molar-refractivity contribution in [1.82, 2.24) is 0 Å². The van der Waals surface area contributed by atoms with Crippen LogP contribution in [0.3, 0.4) is 0 Å². The third kappa shape index (κ3) is 4.30. The zero-order valence-electron chi connectivity index (χ0n) is 14.5. The monoisotopic (exact) mass is 399 g/mol. The van der Waals surface area contributed by atoms with E-state index >= 15 is 0 Å². The van der Waals surface area contributed by atoms with E-state index in [9.17, 15) is 28.0 Å². The van der Waals surface area contributed by atoms with Crippen LogP contribution >= 0.6 is 0 Å². The largest absolute Gasteiger partial charge is 0.508 e. The van der Waals surface area contributed by atoms with E-state index in [1.165, 1.54) is 54.6 Å². The average molecular weight is 399 g/mol. The highest BCUT2D eigenvalue weighted by Crippen LogP contribution is 2.31. The van der Waals surface area contributed by atoms with Gasteiger partial charge in [-0.05, 0) is 47.5 Å². The molecule has 8 heteroatoms. The van der Waals surface area contributed by atoms with E-state index in [-0.39, 0.29) is 33.9 Å². The quantitative estimate of drug-likeness (QED) is 0.385. The lowest BCUT2D eigenvalue weighted by molar-refractivity contribution is 0.102. The fourth-order valence-corrected chi connectivity index (χ4v) is 3.77. The molecule has 3 aromatic rings. The summed E-state index contributed by atoms with van der Waals surface area (Å²) in [7, 11) is -4.49. The number of nitrogens with one attached hydrogen (secondary N) is 1. The smallest absolute Gasteiger partial charge is 0.276 e. The van der Waals surface area contributed by atoms with Crippen molar-refractivity contribution in [3.05, 3.63) is 89.5 Å².